The first-order valence-corrected chi connectivity index (χ1v) is 7.60. The van der Waals surface area contributed by atoms with Crippen molar-refractivity contribution in [2.24, 2.45) is 0 Å². The maximum absolute atomic E-state index is 5.97. The molecule has 6 heteroatoms. The van der Waals surface area contributed by atoms with Crippen LogP contribution in [0, 0.1) is 0 Å². The van der Waals surface area contributed by atoms with Crippen LogP contribution in [0.2, 0.25) is 0 Å². The van der Waals surface area contributed by atoms with Gasteiger partial charge in [0.15, 0.2) is 0 Å². The van der Waals surface area contributed by atoms with Crippen molar-refractivity contribution in [3.05, 3.63) is 0 Å². The molecule has 0 radical (unpaired) electrons. The van der Waals surface area contributed by atoms with Crippen LogP contribution in [0.25, 0.3) is 0 Å². The van der Waals surface area contributed by atoms with Gasteiger partial charge in [-0.05, 0) is 13.3 Å². The normalized spacial score (nSPS) is 39.5. The van der Waals surface area contributed by atoms with Crippen LogP contribution in [0.5, 0.6) is 0 Å². The summed E-state index contributed by atoms with van der Waals surface area (Å²) in [5.41, 5.74) is 0. The quantitative estimate of drug-likeness (QED) is 0.681. The molecular formula is C6H9Cl3S3. The summed E-state index contributed by atoms with van der Waals surface area (Å²) in [6.45, 7) is 2.00. The van der Waals surface area contributed by atoms with Gasteiger partial charge in [0.05, 0.1) is 4.58 Å². The minimum Gasteiger partial charge on any atom is -0.123 e. The van der Waals surface area contributed by atoms with Gasteiger partial charge in [0, 0.05) is 5.38 Å². The number of halogens is 3. The predicted octanol–water partition coefficient (Wildman–Crippen LogP) is 4.59. The van der Waals surface area contributed by atoms with E-state index in [-0.39, 0.29) is 13.5 Å². The zero-order valence-electron chi connectivity index (χ0n) is 6.38. The van der Waals surface area contributed by atoms with Crippen LogP contribution in [0.4, 0.5) is 0 Å². The van der Waals surface area contributed by atoms with Crippen molar-refractivity contribution in [1.29, 1.82) is 0 Å². The van der Waals surface area contributed by atoms with Crippen molar-refractivity contribution in [3.63, 3.8) is 0 Å². The summed E-state index contributed by atoms with van der Waals surface area (Å²) < 4.78 is 0.604. The minimum absolute atomic E-state index is 0.0779. The van der Waals surface area contributed by atoms with Crippen molar-refractivity contribution in [1.82, 2.24) is 0 Å². The summed E-state index contributed by atoms with van der Waals surface area (Å²) in [4.78, 5) is 0. The smallest absolute Gasteiger partial charge is 0.123 e. The monoisotopic (exact) mass is 282 g/mol. The fourth-order valence-corrected chi connectivity index (χ4v) is 8.42. The van der Waals surface area contributed by atoms with Gasteiger partial charge in [-0.2, -0.15) is 0 Å². The van der Waals surface area contributed by atoms with Crippen LogP contribution in [0.1, 0.15) is 13.3 Å². The minimum atomic E-state index is 0.0779. The molecule has 0 aromatic heterocycles. The number of alkyl halides is 3. The molecule has 1 fully saturated rings. The van der Waals surface area contributed by atoms with E-state index in [1.807, 2.05) is 6.92 Å². The van der Waals surface area contributed by atoms with E-state index in [1.165, 1.54) is 0 Å². The van der Waals surface area contributed by atoms with E-state index >= 15 is 0 Å². The first-order valence-electron chi connectivity index (χ1n) is 3.46. The third kappa shape index (κ3) is 4.43. The molecule has 0 bridgehead atoms. The molecule has 0 aromatic rings. The van der Waals surface area contributed by atoms with Gasteiger partial charge in [-0.1, -0.05) is 23.2 Å². The summed E-state index contributed by atoms with van der Waals surface area (Å²) in [6, 6.07) is 0. The average molecular weight is 284 g/mol. The first kappa shape index (κ1) is 12.0. The van der Waals surface area contributed by atoms with Gasteiger partial charge in [0.25, 0.3) is 0 Å². The standard InChI is InChI=1S/C6H9Cl3S3/c1-3(7)2-4-10-5(8)12-6(9)11-4/h3-6H,2H2,1H3. The Labute approximate surface area is 101 Å². The van der Waals surface area contributed by atoms with E-state index in [1.54, 1.807) is 35.3 Å². The van der Waals surface area contributed by atoms with E-state index in [2.05, 4.69) is 0 Å². The molecule has 0 aliphatic carbocycles. The molecule has 1 saturated heterocycles. The summed E-state index contributed by atoms with van der Waals surface area (Å²) in [6.07, 6.45) is 0.962. The number of hydrogen-bond acceptors (Lipinski definition) is 3. The summed E-state index contributed by atoms with van der Waals surface area (Å²) in [5, 5.41) is 0.200. The van der Waals surface area contributed by atoms with Gasteiger partial charge in [-0.3, -0.25) is 0 Å². The van der Waals surface area contributed by atoms with E-state index < -0.39 is 0 Å². The SMILES string of the molecule is CC(Cl)CC1SC(Cl)SC(Cl)S1. The highest BCUT2D eigenvalue weighted by atomic mass is 35.5. The van der Waals surface area contributed by atoms with Gasteiger partial charge < -0.3 is 0 Å². The summed E-state index contributed by atoms with van der Waals surface area (Å²) in [7, 11) is 0. The van der Waals surface area contributed by atoms with Crippen LogP contribution < -0.4 is 0 Å². The molecule has 0 N–H and O–H groups in total. The third-order valence-electron chi connectivity index (χ3n) is 1.25. The molecule has 12 heavy (non-hydrogen) atoms. The van der Waals surface area contributed by atoms with E-state index in [9.17, 15) is 0 Å². The van der Waals surface area contributed by atoms with Crippen LogP contribution >= 0.6 is 70.1 Å². The van der Waals surface area contributed by atoms with Crippen molar-refractivity contribution in [3.8, 4) is 0 Å². The zero-order valence-corrected chi connectivity index (χ0v) is 11.1. The van der Waals surface area contributed by atoms with Crippen molar-refractivity contribution in [2.45, 2.75) is 31.4 Å². The van der Waals surface area contributed by atoms with Crippen LogP contribution in [-0.4, -0.2) is 18.0 Å². The van der Waals surface area contributed by atoms with Crippen LogP contribution in [-0.2, 0) is 0 Å². The highest BCUT2D eigenvalue weighted by Gasteiger charge is 2.28. The molecule has 0 amide bonds. The summed E-state index contributed by atoms with van der Waals surface area (Å²) >= 11 is 22.9. The van der Waals surface area contributed by atoms with Gasteiger partial charge in [-0.15, -0.1) is 46.9 Å². The van der Waals surface area contributed by atoms with Crippen molar-refractivity contribution in [2.75, 3.05) is 0 Å². The summed E-state index contributed by atoms with van der Waals surface area (Å²) in [5.74, 6) is 0. The molecule has 72 valence electrons. The zero-order chi connectivity index (χ0) is 9.14. The predicted molar refractivity (Wildman–Crippen MR) is 65.8 cm³/mol. The molecule has 1 aliphatic rings. The van der Waals surface area contributed by atoms with E-state index in [0.717, 1.165) is 6.42 Å². The highest BCUT2D eigenvalue weighted by molar-refractivity contribution is 8.35. The third-order valence-corrected chi connectivity index (χ3v) is 6.51. The second kappa shape index (κ2) is 5.72. The van der Waals surface area contributed by atoms with Gasteiger partial charge >= 0.3 is 0 Å². The lowest BCUT2D eigenvalue weighted by Crippen LogP contribution is -2.14. The fraction of sp³-hybridized carbons (Fsp3) is 1.00. The molecule has 0 aromatic carbocycles. The Hall–Kier alpha value is 1.92. The lowest BCUT2D eigenvalue weighted by atomic mass is 10.4. The molecule has 3 unspecified atom stereocenters. The Bertz CT molecular complexity index is 131. The lowest BCUT2D eigenvalue weighted by molar-refractivity contribution is 0.879. The van der Waals surface area contributed by atoms with Crippen molar-refractivity contribution >= 4 is 70.1 Å². The molecule has 1 aliphatic heterocycles. The molecule has 1 heterocycles. The second-order valence-corrected chi connectivity index (χ2v) is 9.79. The maximum atomic E-state index is 5.97. The van der Waals surface area contributed by atoms with E-state index in [0.29, 0.717) is 4.58 Å². The highest BCUT2D eigenvalue weighted by Crippen LogP contribution is 2.51. The van der Waals surface area contributed by atoms with Crippen molar-refractivity contribution < 1.29 is 0 Å². The van der Waals surface area contributed by atoms with Gasteiger partial charge in [0.1, 0.15) is 8.08 Å². The maximum Gasteiger partial charge on any atom is 0.128 e. The molecule has 0 nitrogen and oxygen atoms in total. The molecule has 3 atom stereocenters. The lowest BCUT2D eigenvalue weighted by Gasteiger charge is -2.28. The van der Waals surface area contributed by atoms with Crippen LogP contribution in [0.3, 0.4) is 0 Å². The topological polar surface area (TPSA) is 0 Å². The largest absolute Gasteiger partial charge is 0.128 e. The molecular weight excluding hydrogens is 275 g/mol. The van der Waals surface area contributed by atoms with E-state index in [4.69, 9.17) is 34.8 Å². The fourth-order valence-electron chi connectivity index (χ4n) is 0.795. The molecule has 1 rings (SSSR count). The first-order chi connectivity index (χ1) is 5.58. The second-order valence-electron chi connectivity index (χ2n) is 2.40. The van der Waals surface area contributed by atoms with Gasteiger partial charge in [0.2, 0.25) is 0 Å². The Morgan fingerprint density at radius 1 is 1.17 bits per heavy atom. The Balaban J connectivity index is 2.34. The number of thioether (sulfide) groups is 3. The average Bonchev–Trinajstić information content (AvgIpc) is 1.81. The molecule has 0 saturated carbocycles. The van der Waals surface area contributed by atoms with Gasteiger partial charge in [-0.25, -0.2) is 0 Å². The Morgan fingerprint density at radius 2 is 1.67 bits per heavy atom. The number of rotatable bonds is 2. The number of hydrogen-bond donors (Lipinski definition) is 0. The Morgan fingerprint density at radius 3 is 2.08 bits per heavy atom. The Kier molecular flexibility index (Phi) is 5.71. The van der Waals surface area contributed by atoms with Crippen LogP contribution in [0.15, 0.2) is 0 Å². The molecule has 0 spiro atoms.